The maximum Gasteiger partial charge on any atom is 0.260 e. The minimum Gasteiger partial charge on any atom is -0.373 e. The van der Waals surface area contributed by atoms with Crippen molar-refractivity contribution in [3.05, 3.63) is 72.6 Å². The van der Waals surface area contributed by atoms with Gasteiger partial charge in [-0.15, -0.1) is 0 Å². The highest BCUT2D eigenvalue weighted by molar-refractivity contribution is 7.89. The lowest BCUT2D eigenvalue weighted by Crippen LogP contribution is -2.48. The normalized spacial score (nSPS) is 18.9. The Morgan fingerprint density at radius 1 is 1.08 bits per heavy atom. The molecule has 3 heterocycles. The second kappa shape index (κ2) is 10.1. The van der Waals surface area contributed by atoms with Crippen LogP contribution in [-0.2, 0) is 21.3 Å². The monoisotopic (exact) mass is 525 g/mol. The average molecular weight is 526 g/mol. The van der Waals surface area contributed by atoms with E-state index in [9.17, 15) is 13.2 Å². The molecule has 11 heteroatoms. The van der Waals surface area contributed by atoms with Crippen LogP contribution >= 0.6 is 11.3 Å². The van der Waals surface area contributed by atoms with Gasteiger partial charge in [0, 0.05) is 37.6 Å². The first kappa shape index (κ1) is 24.6. The number of hydrogen-bond acceptors (Lipinski definition) is 7. The maximum atomic E-state index is 13.6. The number of carbonyl (C=O) groups excluding carboxylic acids is 1. The zero-order chi connectivity index (χ0) is 25.3. The number of amides is 1. The van der Waals surface area contributed by atoms with Crippen molar-refractivity contribution in [1.29, 1.82) is 0 Å². The third-order valence-electron chi connectivity index (χ3n) is 6.00. The SMILES string of the molecule is CC1CN(S(=O)(=O)c2ccc(C(=O)N(CCn3cccn3)c3nc4ccccc4s3)cc2)CC(C)O1. The van der Waals surface area contributed by atoms with E-state index in [-0.39, 0.29) is 23.0 Å². The molecule has 0 radical (unpaired) electrons. The van der Waals surface area contributed by atoms with Gasteiger partial charge in [0.2, 0.25) is 10.0 Å². The fraction of sp³-hybridized carbons (Fsp3) is 0.320. The number of benzene rings is 2. The molecule has 2 aromatic carbocycles. The molecule has 1 fully saturated rings. The van der Waals surface area contributed by atoms with E-state index in [1.54, 1.807) is 27.9 Å². The molecule has 1 saturated heterocycles. The summed E-state index contributed by atoms with van der Waals surface area (Å²) in [5, 5.41) is 4.82. The molecule has 0 saturated carbocycles. The molecule has 9 nitrogen and oxygen atoms in total. The van der Waals surface area contributed by atoms with Crippen molar-refractivity contribution in [3.63, 3.8) is 0 Å². The Balaban J connectivity index is 1.41. The van der Waals surface area contributed by atoms with Gasteiger partial charge in [0.25, 0.3) is 5.91 Å². The molecule has 5 rings (SSSR count). The van der Waals surface area contributed by atoms with E-state index in [0.29, 0.717) is 36.9 Å². The van der Waals surface area contributed by atoms with E-state index in [0.717, 1.165) is 10.2 Å². The van der Waals surface area contributed by atoms with Gasteiger partial charge in [0.15, 0.2) is 5.13 Å². The summed E-state index contributed by atoms with van der Waals surface area (Å²) in [4.78, 5) is 20.1. The highest BCUT2D eigenvalue weighted by atomic mass is 32.2. The second-order valence-electron chi connectivity index (χ2n) is 8.79. The number of carbonyl (C=O) groups is 1. The topological polar surface area (TPSA) is 97.6 Å². The third kappa shape index (κ3) is 5.05. The molecule has 36 heavy (non-hydrogen) atoms. The molecule has 0 spiro atoms. The number of morpholine rings is 1. The smallest absolute Gasteiger partial charge is 0.260 e. The minimum atomic E-state index is -3.69. The molecular weight excluding hydrogens is 498 g/mol. The molecule has 0 N–H and O–H groups in total. The van der Waals surface area contributed by atoms with Gasteiger partial charge in [-0.25, -0.2) is 13.4 Å². The Kier molecular flexibility index (Phi) is 6.89. The lowest BCUT2D eigenvalue weighted by molar-refractivity contribution is -0.0440. The number of thiazole rings is 1. The van der Waals surface area contributed by atoms with Crippen molar-refractivity contribution >= 4 is 42.6 Å². The molecule has 2 unspecified atom stereocenters. The van der Waals surface area contributed by atoms with Crippen LogP contribution in [0, 0.1) is 0 Å². The molecule has 1 amide bonds. The van der Waals surface area contributed by atoms with Crippen LogP contribution in [0.3, 0.4) is 0 Å². The quantitative estimate of drug-likeness (QED) is 0.366. The number of sulfonamides is 1. The van der Waals surface area contributed by atoms with E-state index in [1.807, 2.05) is 50.4 Å². The van der Waals surface area contributed by atoms with Crippen molar-refractivity contribution in [2.75, 3.05) is 24.5 Å². The van der Waals surface area contributed by atoms with Gasteiger partial charge in [-0.1, -0.05) is 23.5 Å². The van der Waals surface area contributed by atoms with Gasteiger partial charge in [0.05, 0.1) is 33.9 Å². The number of anilines is 1. The Bertz CT molecular complexity index is 1410. The number of para-hydroxylation sites is 1. The van der Waals surface area contributed by atoms with Crippen molar-refractivity contribution in [3.8, 4) is 0 Å². The van der Waals surface area contributed by atoms with Gasteiger partial charge < -0.3 is 4.74 Å². The Hall–Kier alpha value is -3.12. The highest BCUT2D eigenvalue weighted by Gasteiger charge is 2.32. The zero-order valence-electron chi connectivity index (χ0n) is 20.0. The number of hydrogen-bond donors (Lipinski definition) is 0. The van der Waals surface area contributed by atoms with Crippen LogP contribution in [0.25, 0.3) is 10.2 Å². The van der Waals surface area contributed by atoms with Gasteiger partial charge in [-0.05, 0) is 56.3 Å². The van der Waals surface area contributed by atoms with Crippen LogP contribution in [-0.4, -0.2) is 65.2 Å². The fourth-order valence-electron chi connectivity index (χ4n) is 4.30. The van der Waals surface area contributed by atoms with E-state index >= 15 is 0 Å². The van der Waals surface area contributed by atoms with Crippen LogP contribution in [0.5, 0.6) is 0 Å². The van der Waals surface area contributed by atoms with Gasteiger partial charge in [0.1, 0.15) is 0 Å². The summed E-state index contributed by atoms with van der Waals surface area (Å²) in [5.74, 6) is -0.251. The van der Waals surface area contributed by atoms with E-state index in [1.165, 1.54) is 27.8 Å². The lowest BCUT2D eigenvalue weighted by atomic mass is 10.2. The molecular formula is C25H27N5O4S2. The standard InChI is InChI=1S/C25H27N5O4S2/c1-18-16-29(17-19(2)34-18)36(32,33)21-10-8-20(9-11-21)24(31)30(15-14-28-13-5-12-26-28)25-27-22-6-3-4-7-23(22)35-25/h3-13,18-19H,14-17H2,1-2H3. The molecule has 1 aliphatic heterocycles. The number of fused-ring (bicyclic) bond motifs is 1. The van der Waals surface area contributed by atoms with Gasteiger partial charge >= 0.3 is 0 Å². The summed E-state index contributed by atoms with van der Waals surface area (Å²) in [6, 6.07) is 15.7. The van der Waals surface area contributed by atoms with Crippen LogP contribution in [0.15, 0.2) is 71.9 Å². The number of aromatic nitrogens is 3. The molecule has 0 bridgehead atoms. The van der Waals surface area contributed by atoms with Crippen molar-refractivity contribution in [1.82, 2.24) is 19.1 Å². The van der Waals surface area contributed by atoms with Crippen LogP contribution < -0.4 is 4.90 Å². The molecule has 188 valence electrons. The molecule has 2 atom stereocenters. The maximum absolute atomic E-state index is 13.6. The zero-order valence-corrected chi connectivity index (χ0v) is 21.7. The van der Waals surface area contributed by atoms with E-state index < -0.39 is 10.0 Å². The summed E-state index contributed by atoms with van der Waals surface area (Å²) >= 11 is 1.44. The summed E-state index contributed by atoms with van der Waals surface area (Å²) in [5.41, 5.74) is 1.21. The average Bonchev–Trinajstić information content (AvgIpc) is 3.53. The van der Waals surface area contributed by atoms with Crippen molar-refractivity contribution < 1.29 is 17.9 Å². The van der Waals surface area contributed by atoms with Crippen LogP contribution in [0.1, 0.15) is 24.2 Å². The Morgan fingerprint density at radius 2 is 1.81 bits per heavy atom. The van der Waals surface area contributed by atoms with E-state index in [2.05, 4.69) is 10.1 Å². The molecule has 0 aliphatic carbocycles. The molecule has 4 aromatic rings. The second-order valence-corrected chi connectivity index (χ2v) is 11.7. The first-order chi connectivity index (χ1) is 17.3. The highest BCUT2D eigenvalue weighted by Crippen LogP contribution is 2.30. The largest absolute Gasteiger partial charge is 0.373 e. The molecule has 1 aliphatic rings. The van der Waals surface area contributed by atoms with Gasteiger partial charge in [-0.2, -0.15) is 9.40 Å². The van der Waals surface area contributed by atoms with Crippen molar-refractivity contribution in [2.24, 2.45) is 0 Å². The van der Waals surface area contributed by atoms with Crippen molar-refractivity contribution in [2.45, 2.75) is 37.5 Å². The lowest BCUT2D eigenvalue weighted by Gasteiger charge is -2.34. The Morgan fingerprint density at radius 3 is 2.47 bits per heavy atom. The first-order valence-electron chi connectivity index (χ1n) is 11.7. The first-order valence-corrected chi connectivity index (χ1v) is 14.0. The third-order valence-corrected chi connectivity index (χ3v) is 8.90. The van der Waals surface area contributed by atoms with E-state index in [4.69, 9.17) is 4.74 Å². The predicted octanol–water partition coefficient (Wildman–Crippen LogP) is 3.64. The number of rotatable bonds is 7. The summed E-state index contributed by atoms with van der Waals surface area (Å²) in [6.07, 6.45) is 3.18. The van der Waals surface area contributed by atoms with Crippen LogP contribution in [0.2, 0.25) is 0 Å². The number of nitrogens with zero attached hydrogens (tertiary/aromatic N) is 5. The summed E-state index contributed by atoms with van der Waals surface area (Å²) in [6.45, 7) is 5.18. The number of ether oxygens (including phenoxy) is 1. The summed E-state index contributed by atoms with van der Waals surface area (Å²) < 4.78 is 36.3. The fourth-order valence-corrected chi connectivity index (χ4v) is 6.88. The Labute approximate surface area is 214 Å². The predicted molar refractivity (Wildman–Crippen MR) is 139 cm³/mol. The molecule has 2 aromatic heterocycles. The minimum absolute atomic E-state index is 0.156. The summed E-state index contributed by atoms with van der Waals surface area (Å²) in [7, 11) is -3.69. The van der Waals surface area contributed by atoms with Crippen LogP contribution in [0.4, 0.5) is 5.13 Å². The van der Waals surface area contributed by atoms with Gasteiger partial charge in [-0.3, -0.25) is 14.4 Å².